The lowest BCUT2D eigenvalue weighted by molar-refractivity contribution is 0.0770. The van der Waals surface area contributed by atoms with E-state index in [2.05, 4.69) is 10.00 Å². The number of rotatable bonds is 6. The number of likely N-dealkylation sites (tertiary alicyclic amines) is 1. The second-order valence-electron chi connectivity index (χ2n) is 6.07. The van der Waals surface area contributed by atoms with Crippen molar-refractivity contribution in [1.82, 2.24) is 14.7 Å². The van der Waals surface area contributed by atoms with Crippen LogP contribution in [0.4, 0.5) is 0 Å². The molecule has 26 heavy (non-hydrogen) atoms. The number of hydrogen-bond donors (Lipinski definition) is 0. The number of nitrogens with zero attached hydrogens (tertiary/aromatic N) is 3. The number of aromatic nitrogens is 2. The zero-order chi connectivity index (χ0) is 18.5. The van der Waals surface area contributed by atoms with Crippen LogP contribution in [0.5, 0.6) is 11.5 Å². The molecule has 1 saturated heterocycles. The van der Waals surface area contributed by atoms with Crippen LogP contribution in [0.2, 0.25) is 10.0 Å². The number of halogens is 2. The van der Waals surface area contributed by atoms with Gasteiger partial charge in [-0.25, -0.2) is 4.68 Å². The lowest BCUT2D eigenvalue weighted by Gasteiger charge is -2.32. The molecule has 1 aliphatic rings. The smallest absolute Gasteiger partial charge is 0.288 e. The molecule has 0 spiro atoms. The van der Waals surface area contributed by atoms with E-state index >= 15 is 0 Å². The second kappa shape index (κ2) is 8.75. The molecule has 0 radical (unpaired) electrons. The molecule has 2 heterocycles. The van der Waals surface area contributed by atoms with E-state index < -0.39 is 0 Å². The minimum absolute atomic E-state index is 0.00687. The first kappa shape index (κ1) is 19.0. The predicted molar refractivity (Wildman–Crippen MR) is 101 cm³/mol. The molecule has 0 unspecified atom stereocenters. The molecule has 1 aromatic carbocycles. The van der Waals surface area contributed by atoms with Crippen LogP contribution in [0.25, 0.3) is 0 Å². The molecule has 0 atom stereocenters. The molecule has 0 saturated carbocycles. The van der Waals surface area contributed by atoms with Crippen molar-refractivity contribution in [2.45, 2.75) is 32.5 Å². The van der Waals surface area contributed by atoms with Gasteiger partial charge in [0, 0.05) is 13.1 Å². The number of piperidine rings is 1. The first-order valence-electron chi connectivity index (χ1n) is 8.60. The van der Waals surface area contributed by atoms with E-state index in [1.54, 1.807) is 0 Å². The predicted octanol–water partition coefficient (Wildman–Crippen LogP) is 3.45. The Labute approximate surface area is 162 Å². The van der Waals surface area contributed by atoms with Crippen molar-refractivity contribution in [2.24, 2.45) is 0 Å². The van der Waals surface area contributed by atoms with Gasteiger partial charge in [-0.1, -0.05) is 35.3 Å². The fourth-order valence-electron chi connectivity index (χ4n) is 2.91. The van der Waals surface area contributed by atoms with Crippen molar-refractivity contribution in [3.05, 3.63) is 50.9 Å². The van der Waals surface area contributed by atoms with Crippen molar-refractivity contribution >= 4 is 23.2 Å². The Morgan fingerprint density at radius 1 is 1.19 bits per heavy atom. The summed E-state index contributed by atoms with van der Waals surface area (Å²) in [6.45, 7) is 4.54. The van der Waals surface area contributed by atoms with Gasteiger partial charge in [-0.15, -0.1) is 0 Å². The van der Waals surface area contributed by atoms with E-state index in [0.717, 1.165) is 37.4 Å². The molecule has 3 rings (SSSR count). The van der Waals surface area contributed by atoms with Crippen molar-refractivity contribution in [2.75, 3.05) is 19.7 Å². The molecule has 1 aliphatic heterocycles. The Bertz CT molecular complexity index is 805. The quantitative estimate of drug-likeness (QED) is 0.746. The molecule has 8 heteroatoms. The Morgan fingerprint density at radius 2 is 1.88 bits per heavy atom. The molecule has 0 N–H and O–H groups in total. The van der Waals surface area contributed by atoms with Crippen LogP contribution in [-0.2, 0) is 6.67 Å². The van der Waals surface area contributed by atoms with Gasteiger partial charge in [0.1, 0.15) is 11.1 Å². The Hall–Kier alpha value is -1.76. The topological polar surface area (TPSA) is 56.6 Å². The minimum Gasteiger partial charge on any atom is -0.490 e. The van der Waals surface area contributed by atoms with Crippen LogP contribution in [0, 0.1) is 0 Å². The van der Waals surface area contributed by atoms with Crippen LogP contribution in [0.15, 0.2) is 35.3 Å². The molecule has 1 aromatic heterocycles. The summed E-state index contributed by atoms with van der Waals surface area (Å²) in [4.78, 5) is 14.2. The summed E-state index contributed by atoms with van der Waals surface area (Å²) in [6, 6.07) is 7.71. The number of ether oxygens (including phenoxy) is 2. The highest BCUT2D eigenvalue weighted by molar-refractivity contribution is 6.41. The van der Waals surface area contributed by atoms with E-state index in [0.29, 0.717) is 13.3 Å². The van der Waals surface area contributed by atoms with Crippen molar-refractivity contribution in [3.8, 4) is 11.5 Å². The van der Waals surface area contributed by atoms with Gasteiger partial charge in [-0.05, 0) is 31.9 Å². The third-order valence-corrected chi connectivity index (χ3v) is 5.00. The summed E-state index contributed by atoms with van der Waals surface area (Å²) in [5.74, 6) is 1.54. The Morgan fingerprint density at radius 3 is 2.58 bits per heavy atom. The summed E-state index contributed by atoms with van der Waals surface area (Å²) >= 11 is 11.7. The third kappa shape index (κ3) is 4.50. The first-order chi connectivity index (χ1) is 12.6. The van der Waals surface area contributed by atoms with Gasteiger partial charge in [0.05, 0.1) is 24.5 Å². The van der Waals surface area contributed by atoms with Crippen LogP contribution in [-0.4, -0.2) is 40.5 Å². The molecule has 6 nitrogen and oxygen atoms in total. The van der Waals surface area contributed by atoms with Crippen molar-refractivity contribution in [1.29, 1.82) is 0 Å². The molecule has 0 bridgehead atoms. The maximum Gasteiger partial charge on any atom is 0.288 e. The zero-order valence-corrected chi connectivity index (χ0v) is 16.0. The standard InChI is InChI=1S/C18H21Cl2N3O3/c1-2-25-15-5-3-4-6-16(15)26-13-7-9-22(10-8-13)12-23-18(24)17(20)14(19)11-21-23/h3-6,11,13H,2,7-10,12H2,1H3. The molecular weight excluding hydrogens is 377 g/mol. The highest BCUT2D eigenvalue weighted by Gasteiger charge is 2.22. The third-order valence-electron chi connectivity index (χ3n) is 4.25. The first-order valence-corrected chi connectivity index (χ1v) is 9.36. The summed E-state index contributed by atoms with van der Waals surface area (Å²) < 4.78 is 13.1. The fraction of sp³-hybridized carbons (Fsp3) is 0.444. The average molecular weight is 398 g/mol. The SMILES string of the molecule is CCOc1ccccc1OC1CCN(Cn2ncc(Cl)c(Cl)c2=O)CC1. The maximum absolute atomic E-state index is 12.1. The van der Waals surface area contributed by atoms with Gasteiger partial charge in [0.15, 0.2) is 11.5 Å². The fourth-order valence-corrected chi connectivity index (χ4v) is 3.18. The van der Waals surface area contributed by atoms with E-state index in [1.165, 1.54) is 10.9 Å². The number of hydrogen-bond acceptors (Lipinski definition) is 5. The number of para-hydroxylation sites is 2. The summed E-state index contributed by atoms with van der Waals surface area (Å²) in [7, 11) is 0. The van der Waals surface area contributed by atoms with Gasteiger partial charge in [0.2, 0.25) is 0 Å². The van der Waals surface area contributed by atoms with Gasteiger partial charge in [-0.3, -0.25) is 9.69 Å². The molecule has 2 aromatic rings. The van der Waals surface area contributed by atoms with Gasteiger partial charge in [-0.2, -0.15) is 5.10 Å². The molecule has 0 aliphatic carbocycles. The van der Waals surface area contributed by atoms with E-state index in [-0.39, 0.29) is 21.7 Å². The molecular formula is C18H21Cl2N3O3. The Kier molecular flexibility index (Phi) is 6.40. The van der Waals surface area contributed by atoms with E-state index in [4.69, 9.17) is 32.7 Å². The highest BCUT2D eigenvalue weighted by Crippen LogP contribution is 2.29. The second-order valence-corrected chi connectivity index (χ2v) is 6.85. The van der Waals surface area contributed by atoms with Crippen LogP contribution in [0.1, 0.15) is 19.8 Å². The van der Waals surface area contributed by atoms with Crippen LogP contribution < -0.4 is 15.0 Å². The zero-order valence-electron chi connectivity index (χ0n) is 14.5. The summed E-state index contributed by atoms with van der Waals surface area (Å²) in [5, 5.41) is 4.23. The monoisotopic (exact) mass is 397 g/mol. The summed E-state index contributed by atoms with van der Waals surface area (Å²) in [6.07, 6.45) is 3.23. The maximum atomic E-state index is 12.1. The largest absolute Gasteiger partial charge is 0.490 e. The Balaban J connectivity index is 1.57. The van der Waals surface area contributed by atoms with Gasteiger partial charge < -0.3 is 9.47 Å². The molecule has 1 fully saturated rings. The van der Waals surface area contributed by atoms with Crippen LogP contribution in [0.3, 0.4) is 0 Å². The lowest BCUT2D eigenvalue weighted by Crippen LogP contribution is -2.41. The van der Waals surface area contributed by atoms with Crippen LogP contribution >= 0.6 is 23.2 Å². The van der Waals surface area contributed by atoms with E-state index in [1.807, 2.05) is 31.2 Å². The van der Waals surface area contributed by atoms with Crippen molar-refractivity contribution in [3.63, 3.8) is 0 Å². The summed E-state index contributed by atoms with van der Waals surface area (Å²) in [5.41, 5.74) is -0.372. The molecule has 140 valence electrons. The molecule has 0 amide bonds. The lowest BCUT2D eigenvalue weighted by atomic mass is 10.1. The van der Waals surface area contributed by atoms with Gasteiger partial charge in [0.25, 0.3) is 5.56 Å². The van der Waals surface area contributed by atoms with Crippen molar-refractivity contribution < 1.29 is 9.47 Å². The average Bonchev–Trinajstić information content (AvgIpc) is 2.65. The van der Waals surface area contributed by atoms with Gasteiger partial charge >= 0.3 is 0 Å². The number of benzene rings is 1. The normalized spacial score (nSPS) is 15.8. The highest BCUT2D eigenvalue weighted by atomic mass is 35.5. The minimum atomic E-state index is -0.372. The van der Waals surface area contributed by atoms with E-state index in [9.17, 15) is 4.79 Å².